The average Bonchev–Trinajstić information content (AvgIpc) is 3.00. The van der Waals surface area contributed by atoms with Crippen LogP contribution in [0, 0.1) is 5.82 Å². The molecule has 0 radical (unpaired) electrons. The Balaban J connectivity index is 1.90. The zero-order valence-electron chi connectivity index (χ0n) is 12.8. The van der Waals surface area contributed by atoms with Crippen molar-refractivity contribution in [2.45, 2.75) is 0 Å². The molecule has 1 aliphatic heterocycles. The first-order valence-electron chi connectivity index (χ1n) is 7.20. The van der Waals surface area contributed by atoms with Crippen molar-refractivity contribution in [2.75, 3.05) is 5.75 Å². The molecular formula is C17H12FN3O3S. The number of halogens is 1. The van der Waals surface area contributed by atoms with Crippen LogP contribution >= 0.6 is 11.8 Å². The summed E-state index contributed by atoms with van der Waals surface area (Å²) in [5.74, 6) is -1.92. The second kappa shape index (κ2) is 7.27. The van der Waals surface area contributed by atoms with E-state index in [4.69, 9.17) is 5.11 Å². The van der Waals surface area contributed by atoms with E-state index in [-0.39, 0.29) is 11.5 Å². The van der Waals surface area contributed by atoms with E-state index in [0.717, 1.165) is 0 Å². The summed E-state index contributed by atoms with van der Waals surface area (Å²) in [6, 6.07) is 11.1. The van der Waals surface area contributed by atoms with Gasteiger partial charge in [0.15, 0.2) is 5.17 Å². The maximum Gasteiger partial charge on any atom is 0.338 e. The van der Waals surface area contributed by atoms with Crippen LogP contribution in [-0.2, 0) is 4.79 Å². The third-order valence-corrected chi connectivity index (χ3v) is 4.27. The Hall–Kier alpha value is -3.00. The minimum atomic E-state index is -1.31. The lowest BCUT2D eigenvalue weighted by atomic mass is 9.99. The van der Waals surface area contributed by atoms with Gasteiger partial charge in [-0.25, -0.2) is 9.18 Å². The third-order valence-electron chi connectivity index (χ3n) is 3.40. The van der Waals surface area contributed by atoms with Gasteiger partial charge in [-0.15, -0.1) is 5.10 Å². The molecule has 3 rings (SSSR count). The molecule has 0 aliphatic carbocycles. The topological polar surface area (TPSA) is 91.1 Å². The highest BCUT2D eigenvalue weighted by atomic mass is 32.2. The fourth-order valence-electron chi connectivity index (χ4n) is 2.25. The molecule has 1 fully saturated rings. The van der Waals surface area contributed by atoms with Crippen LogP contribution < -0.4 is 5.32 Å². The van der Waals surface area contributed by atoms with E-state index in [2.05, 4.69) is 15.5 Å². The normalized spacial score (nSPS) is 15.7. The summed E-state index contributed by atoms with van der Waals surface area (Å²) >= 11 is 1.26. The van der Waals surface area contributed by atoms with Crippen LogP contribution in [0.2, 0.25) is 0 Å². The van der Waals surface area contributed by atoms with E-state index in [0.29, 0.717) is 27.6 Å². The zero-order chi connectivity index (χ0) is 17.8. The lowest BCUT2D eigenvalue weighted by Crippen LogP contribution is -2.19. The Morgan fingerprint density at radius 3 is 2.76 bits per heavy atom. The van der Waals surface area contributed by atoms with E-state index < -0.39 is 11.8 Å². The lowest BCUT2D eigenvalue weighted by molar-refractivity contribution is -0.116. The Morgan fingerprint density at radius 1 is 1.28 bits per heavy atom. The van der Waals surface area contributed by atoms with Crippen molar-refractivity contribution in [1.82, 2.24) is 5.32 Å². The maximum absolute atomic E-state index is 13.9. The lowest BCUT2D eigenvalue weighted by Gasteiger charge is -2.07. The van der Waals surface area contributed by atoms with Crippen molar-refractivity contribution in [2.24, 2.45) is 10.2 Å². The van der Waals surface area contributed by atoms with Crippen LogP contribution in [0.3, 0.4) is 0 Å². The zero-order valence-corrected chi connectivity index (χ0v) is 13.6. The summed E-state index contributed by atoms with van der Waals surface area (Å²) in [5, 5.41) is 19.8. The Bertz CT molecular complexity index is 912. The molecule has 0 atom stereocenters. The first kappa shape index (κ1) is 16.8. The number of benzene rings is 2. The van der Waals surface area contributed by atoms with Crippen LogP contribution in [0.4, 0.5) is 4.39 Å². The second-order valence-corrected chi connectivity index (χ2v) is 6.04. The maximum atomic E-state index is 13.9. The average molecular weight is 357 g/mol. The number of amidine groups is 1. The van der Waals surface area contributed by atoms with Gasteiger partial charge in [0.1, 0.15) is 5.82 Å². The molecule has 1 aliphatic rings. The fourth-order valence-corrected chi connectivity index (χ4v) is 2.88. The highest BCUT2D eigenvalue weighted by molar-refractivity contribution is 8.15. The molecule has 2 N–H and O–H groups in total. The first-order valence-corrected chi connectivity index (χ1v) is 8.19. The number of carboxylic acid groups (broad SMARTS) is 1. The molecule has 0 bridgehead atoms. The summed E-state index contributed by atoms with van der Waals surface area (Å²) < 4.78 is 13.9. The number of nitrogens with one attached hydrogen (secondary N) is 1. The molecule has 1 heterocycles. The predicted molar refractivity (Wildman–Crippen MR) is 94.4 cm³/mol. The van der Waals surface area contributed by atoms with E-state index >= 15 is 0 Å². The summed E-state index contributed by atoms with van der Waals surface area (Å²) in [5.41, 5.74) is 1.52. The number of amides is 1. The molecule has 1 saturated heterocycles. The Labute approximate surface area is 146 Å². The van der Waals surface area contributed by atoms with Crippen molar-refractivity contribution in [3.63, 3.8) is 0 Å². The summed E-state index contributed by atoms with van der Waals surface area (Å²) in [6.45, 7) is 0. The van der Waals surface area contributed by atoms with Crippen molar-refractivity contribution in [3.05, 3.63) is 59.4 Å². The Kier molecular flexibility index (Phi) is 4.90. The molecule has 0 aromatic heterocycles. The summed E-state index contributed by atoms with van der Waals surface area (Å²) in [7, 11) is 0. The molecule has 25 heavy (non-hydrogen) atoms. The van der Waals surface area contributed by atoms with Crippen LogP contribution in [-0.4, -0.2) is 34.1 Å². The number of hydrogen-bond acceptors (Lipinski definition) is 5. The first-order chi connectivity index (χ1) is 12.0. The van der Waals surface area contributed by atoms with Gasteiger partial charge in [-0.2, -0.15) is 5.10 Å². The van der Waals surface area contributed by atoms with E-state index in [1.165, 1.54) is 36.2 Å². The van der Waals surface area contributed by atoms with E-state index in [1.54, 1.807) is 24.3 Å². The van der Waals surface area contributed by atoms with Crippen LogP contribution in [0.5, 0.6) is 0 Å². The van der Waals surface area contributed by atoms with Crippen molar-refractivity contribution in [3.8, 4) is 11.1 Å². The fraction of sp³-hybridized carbons (Fsp3) is 0.0588. The highest BCUT2D eigenvalue weighted by Gasteiger charge is 2.16. The number of nitrogens with zero attached hydrogens (tertiary/aromatic N) is 2. The molecule has 2 aromatic carbocycles. The number of hydrogen-bond donors (Lipinski definition) is 2. The van der Waals surface area contributed by atoms with Gasteiger partial charge in [-0.05, 0) is 23.3 Å². The molecule has 1 amide bonds. The number of carbonyl (C=O) groups is 2. The van der Waals surface area contributed by atoms with Crippen LogP contribution in [0.1, 0.15) is 15.9 Å². The van der Waals surface area contributed by atoms with Gasteiger partial charge in [0.2, 0.25) is 5.91 Å². The Morgan fingerprint density at radius 2 is 2.08 bits per heavy atom. The molecule has 0 spiro atoms. The van der Waals surface area contributed by atoms with E-state index in [9.17, 15) is 14.0 Å². The highest BCUT2D eigenvalue weighted by Crippen LogP contribution is 2.25. The van der Waals surface area contributed by atoms with Crippen molar-refractivity contribution in [1.29, 1.82) is 0 Å². The second-order valence-electron chi connectivity index (χ2n) is 5.07. The summed E-state index contributed by atoms with van der Waals surface area (Å²) in [6.07, 6.45) is 1.50. The number of thioether (sulfide) groups is 1. The van der Waals surface area contributed by atoms with Gasteiger partial charge in [0.25, 0.3) is 0 Å². The summed E-state index contributed by atoms with van der Waals surface area (Å²) in [4.78, 5) is 22.0. The number of carbonyl (C=O) groups excluding carboxylic acids is 1. The minimum Gasteiger partial charge on any atom is -0.478 e. The van der Waals surface area contributed by atoms with Crippen LogP contribution in [0.25, 0.3) is 11.1 Å². The molecule has 2 aromatic rings. The quantitative estimate of drug-likeness (QED) is 0.650. The SMILES string of the molecule is O=C1CSC(=NN=Cc2ccccc2-c2ccc(C(=O)O)c(F)c2)N1. The smallest absolute Gasteiger partial charge is 0.338 e. The monoisotopic (exact) mass is 357 g/mol. The van der Waals surface area contributed by atoms with Gasteiger partial charge in [-0.3, -0.25) is 4.79 Å². The van der Waals surface area contributed by atoms with Gasteiger partial charge in [0, 0.05) is 5.56 Å². The van der Waals surface area contributed by atoms with E-state index in [1.807, 2.05) is 0 Å². The van der Waals surface area contributed by atoms with Gasteiger partial charge < -0.3 is 10.4 Å². The molecule has 0 saturated carbocycles. The van der Waals surface area contributed by atoms with Gasteiger partial charge in [0.05, 0.1) is 17.5 Å². The molecule has 0 unspecified atom stereocenters. The van der Waals surface area contributed by atoms with Gasteiger partial charge in [-0.1, -0.05) is 42.1 Å². The number of aromatic carboxylic acids is 1. The molecular weight excluding hydrogens is 345 g/mol. The minimum absolute atomic E-state index is 0.117. The van der Waals surface area contributed by atoms with Gasteiger partial charge >= 0.3 is 5.97 Å². The third kappa shape index (κ3) is 3.92. The van der Waals surface area contributed by atoms with Crippen molar-refractivity contribution >= 4 is 35.0 Å². The molecule has 8 heteroatoms. The standard InChI is InChI=1S/C17H12FN3O3S/c18-14-7-10(5-6-13(14)16(23)24)12-4-2-1-3-11(12)8-19-21-17-20-15(22)9-25-17/h1-8H,9H2,(H,23,24)(H,20,21,22). The number of rotatable bonds is 4. The van der Waals surface area contributed by atoms with Crippen LogP contribution in [0.15, 0.2) is 52.7 Å². The molecule has 6 nitrogen and oxygen atoms in total. The molecule has 126 valence electrons. The largest absolute Gasteiger partial charge is 0.478 e. The van der Waals surface area contributed by atoms with Crippen molar-refractivity contribution < 1.29 is 19.1 Å². The predicted octanol–water partition coefficient (Wildman–Crippen LogP) is 2.74. The number of carboxylic acids is 1.